The normalized spacial score (nSPS) is 23.4. The number of nitrogens with zero attached hydrogens (tertiary/aromatic N) is 2. The molecule has 2 saturated heterocycles. The largest absolute Gasteiger partial charge is 0.450 e. The topological polar surface area (TPSA) is 102 Å². The first-order valence-electron chi connectivity index (χ1n) is 10.1. The highest BCUT2D eigenvalue weighted by Gasteiger charge is 2.37. The Labute approximate surface area is 168 Å². The minimum Gasteiger partial charge on any atom is -0.450 e. The zero-order valence-electron chi connectivity index (χ0n) is 18.2. The van der Waals surface area contributed by atoms with Crippen molar-refractivity contribution in [2.24, 2.45) is 16.6 Å². The molecule has 2 aliphatic rings. The number of hydrogen-bond donors (Lipinski definition) is 1. The van der Waals surface area contributed by atoms with Gasteiger partial charge in [-0.15, -0.1) is 0 Å². The van der Waals surface area contributed by atoms with E-state index in [1.54, 1.807) is 16.7 Å². The van der Waals surface area contributed by atoms with Gasteiger partial charge in [0.05, 0.1) is 13.2 Å². The molecule has 2 rings (SSSR count). The highest BCUT2D eigenvalue weighted by atomic mass is 16.6. The fraction of sp³-hybridized carbons (Fsp3) is 0.850. The summed E-state index contributed by atoms with van der Waals surface area (Å²) in [4.78, 5) is 37.6. The summed E-state index contributed by atoms with van der Waals surface area (Å²) in [6, 6.07) is 0.174. The van der Waals surface area contributed by atoms with E-state index < -0.39 is 5.41 Å². The minimum absolute atomic E-state index is 0.00892. The second-order valence-electron chi connectivity index (χ2n) is 8.68. The van der Waals surface area contributed by atoms with E-state index in [2.05, 4.69) is 13.8 Å². The number of amides is 2. The van der Waals surface area contributed by atoms with Crippen LogP contribution in [0.4, 0.5) is 9.59 Å². The second-order valence-corrected chi connectivity index (χ2v) is 8.68. The number of carbonyl (C=O) groups is 3. The summed E-state index contributed by atoms with van der Waals surface area (Å²) in [5.41, 5.74) is 5.54. The van der Waals surface area contributed by atoms with Crippen molar-refractivity contribution in [2.45, 2.75) is 60.4 Å². The molecular formula is C20H37N3O5. The number of likely N-dealkylation sites (tertiary alicyclic amines) is 2. The van der Waals surface area contributed by atoms with Gasteiger partial charge in [-0.05, 0) is 25.7 Å². The zero-order chi connectivity index (χ0) is 21.5. The van der Waals surface area contributed by atoms with Crippen LogP contribution in [0.15, 0.2) is 0 Å². The van der Waals surface area contributed by atoms with Crippen LogP contribution in [-0.4, -0.2) is 73.2 Å². The molecule has 8 heteroatoms. The van der Waals surface area contributed by atoms with Crippen LogP contribution < -0.4 is 5.73 Å². The maximum Gasteiger partial charge on any atom is 0.409 e. The van der Waals surface area contributed by atoms with E-state index in [0.717, 1.165) is 6.42 Å². The van der Waals surface area contributed by atoms with E-state index in [0.29, 0.717) is 45.8 Å². The van der Waals surface area contributed by atoms with Crippen molar-refractivity contribution >= 4 is 18.0 Å². The Kier molecular flexibility index (Phi) is 8.73. The molecule has 0 aliphatic carbocycles. The fourth-order valence-electron chi connectivity index (χ4n) is 3.33. The van der Waals surface area contributed by atoms with Crippen LogP contribution >= 0.6 is 0 Å². The summed E-state index contributed by atoms with van der Waals surface area (Å²) in [5, 5.41) is 0. The molecule has 0 radical (unpaired) electrons. The molecule has 2 aliphatic heterocycles. The smallest absolute Gasteiger partial charge is 0.409 e. The van der Waals surface area contributed by atoms with Crippen LogP contribution in [0.2, 0.25) is 0 Å². The van der Waals surface area contributed by atoms with Crippen LogP contribution in [0, 0.1) is 10.8 Å². The zero-order valence-corrected chi connectivity index (χ0v) is 18.2. The monoisotopic (exact) mass is 399 g/mol. The molecule has 2 fully saturated rings. The average molecular weight is 400 g/mol. The number of ether oxygens (including phenoxy) is 2. The van der Waals surface area contributed by atoms with Gasteiger partial charge in [-0.1, -0.05) is 27.7 Å². The van der Waals surface area contributed by atoms with Gasteiger partial charge >= 0.3 is 12.2 Å². The number of rotatable bonds is 2. The van der Waals surface area contributed by atoms with Crippen LogP contribution in [0.5, 0.6) is 0 Å². The highest BCUT2D eigenvalue weighted by molar-refractivity contribution is 5.86. The van der Waals surface area contributed by atoms with Gasteiger partial charge in [0.25, 0.3) is 0 Å². The molecule has 0 bridgehead atoms. The number of nitrogens with two attached hydrogens (primary N) is 1. The molecule has 0 spiro atoms. The maximum absolute atomic E-state index is 11.5. The van der Waals surface area contributed by atoms with Crippen molar-refractivity contribution in [3.63, 3.8) is 0 Å². The Morgan fingerprint density at radius 1 is 1.00 bits per heavy atom. The third-order valence-electron chi connectivity index (χ3n) is 5.31. The molecule has 1 atom stereocenters. The fourth-order valence-corrected chi connectivity index (χ4v) is 3.33. The molecule has 0 aromatic rings. The van der Waals surface area contributed by atoms with E-state index >= 15 is 0 Å². The molecule has 1 unspecified atom stereocenters. The Morgan fingerprint density at radius 2 is 1.50 bits per heavy atom. The van der Waals surface area contributed by atoms with E-state index in [4.69, 9.17) is 15.2 Å². The van der Waals surface area contributed by atoms with Crippen LogP contribution in [0.3, 0.4) is 0 Å². The molecule has 0 aromatic heterocycles. The lowest BCUT2D eigenvalue weighted by Crippen LogP contribution is -2.54. The Hall–Kier alpha value is -1.83. The van der Waals surface area contributed by atoms with Crippen molar-refractivity contribution in [2.75, 3.05) is 39.4 Å². The molecule has 8 nitrogen and oxygen atoms in total. The molecule has 162 valence electrons. The quantitative estimate of drug-likeness (QED) is 0.766. The molecule has 0 aromatic carbocycles. The first-order chi connectivity index (χ1) is 12.9. The van der Waals surface area contributed by atoms with Gasteiger partial charge in [-0.3, -0.25) is 4.79 Å². The van der Waals surface area contributed by atoms with Gasteiger partial charge in [0.15, 0.2) is 0 Å². The lowest BCUT2D eigenvalue weighted by Gasteiger charge is -2.41. The molecule has 2 amide bonds. The summed E-state index contributed by atoms with van der Waals surface area (Å²) >= 11 is 0. The molecule has 2 heterocycles. The number of carbonyl (C=O) groups excluding carboxylic acids is 3. The van der Waals surface area contributed by atoms with Crippen LogP contribution in [0.1, 0.15) is 54.4 Å². The highest BCUT2D eigenvalue weighted by Crippen LogP contribution is 2.28. The van der Waals surface area contributed by atoms with E-state index in [-0.39, 0.29) is 29.4 Å². The minimum atomic E-state index is -0.426. The first-order valence-corrected chi connectivity index (χ1v) is 10.1. The summed E-state index contributed by atoms with van der Waals surface area (Å²) in [6.45, 7) is 14.7. The Morgan fingerprint density at radius 3 is 1.93 bits per heavy atom. The van der Waals surface area contributed by atoms with Gasteiger partial charge in [0.2, 0.25) is 0 Å². The lowest BCUT2D eigenvalue weighted by atomic mass is 9.80. The van der Waals surface area contributed by atoms with Gasteiger partial charge in [0.1, 0.15) is 5.78 Å². The van der Waals surface area contributed by atoms with Gasteiger partial charge in [-0.25, -0.2) is 9.59 Å². The van der Waals surface area contributed by atoms with Gasteiger partial charge in [-0.2, -0.15) is 0 Å². The molecule has 0 saturated carbocycles. The Bertz CT molecular complexity index is 562. The second kappa shape index (κ2) is 10.1. The van der Waals surface area contributed by atoms with Crippen molar-refractivity contribution < 1.29 is 23.9 Å². The first kappa shape index (κ1) is 24.2. The van der Waals surface area contributed by atoms with Gasteiger partial charge in [0, 0.05) is 44.1 Å². The summed E-state index contributed by atoms with van der Waals surface area (Å²) < 4.78 is 9.84. The summed E-state index contributed by atoms with van der Waals surface area (Å²) in [7, 11) is 0. The molecule has 28 heavy (non-hydrogen) atoms. The SMILES string of the molecule is CCOC(=O)N1CCC(=O)C(C)(C)C1.CCOC(=O)N1CCC(N)C(C)(C)C1. The third kappa shape index (κ3) is 6.65. The summed E-state index contributed by atoms with van der Waals surface area (Å²) in [6.07, 6.45) is 0.762. The van der Waals surface area contributed by atoms with Crippen molar-refractivity contribution in [1.29, 1.82) is 0 Å². The number of ketones is 1. The van der Waals surface area contributed by atoms with E-state index in [1.807, 2.05) is 20.8 Å². The number of hydrogen-bond acceptors (Lipinski definition) is 6. The van der Waals surface area contributed by atoms with Crippen molar-refractivity contribution in [1.82, 2.24) is 9.80 Å². The number of piperidine rings is 2. The predicted molar refractivity (Wildman–Crippen MR) is 107 cm³/mol. The average Bonchev–Trinajstić information content (AvgIpc) is 2.60. The standard InChI is InChI=1S/C10H20N2O2.C10H17NO3/c1-4-14-9(13)12-6-5-8(11)10(2,3)7-12;1-4-14-9(13)11-6-5-8(12)10(2,3)7-11/h8H,4-7,11H2,1-3H3;4-7H2,1-3H3. The third-order valence-corrected chi connectivity index (χ3v) is 5.31. The van der Waals surface area contributed by atoms with E-state index in [9.17, 15) is 14.4 Å². The summed E-state index contributed by atoms with van der Waals surface area (Å²) in [5.74, 6) is 0.220. The molecule has 2 N–H and O–H groups in total. The predicted octanol–water partition coefficient (Wildman–Crippen LogP) is 2.65. The maximum atomic E-state index is 11.5. The van der Waals surface area contributed by atoms with Crippen molar-refractivity contribution in [3.8, 4) is 0 Å². The molecular weight excluding hydrogens is 362 g/mol. The lowest BCUT2D eigenvalue weighted by molar-refractivity contribution is -0.130. The number of Topliss-reactive ketones (excluding diaryl/α,β-unsaturated/α-hetero) is 1. The van der Waals surface area contributed by atoms with Gasteiger partial charge < -0.3 is 25.0 Å². The Balaban J connectivity index is 0.000000280. The van der Waals surface area contributed by atoms with Crippen molar-refractivity contribution in [3.05, 3.63) is 0 Å². The van der Waals surface area contributed by atoms with Crippen LogP contribution in [0.25, 0.3) is 0 Å². The van der Waals surface area contributed by atoms with Crippen LogP contribution in [-0.2, 0) is 14.3 Å². The van der Waals surface area contributed by atoms with E-state index in [1.165, 1.54) is 0 Å².